The first-order valence-corrected chi connectivity index (χ1v) is 6.87. The summed E-state index contributed by atoms with van der Waals surface area (Å²) in [6.45, 7) is 1.80. The average Bonchev–Trinajstić information content (AvgIpc) is 2.86. The SMILES string of the molecule is CCOC(=O)c1n[nH]nc1-c1ccc(C(F)(F)F)c(I)c1. The van der Waals surface area contributed by atoms with Crippen LogP contribution in [-0.2, 0) is 10.9 Å². The molecule has 1 aromatic heterocycles. The number of hydrogen-bond acceptors (Lipinski definition) is 4. The maximum atomic E-state index is 12.7. The van der Waals surface area contributed by atoms with E-state index in [4.69, 9.17) is 4.74 Å². The fourth-order valence-electron chi connectivity index (χ4n) is 1.67. The molecular formula is C12H9F3IN3O2. The third-order valence-corrected chi connectivity index (χ3v) is 3.46. The summed E-state index contributed by atoms with van der Waals surface area (Å²) in [6.07, 6.45) is -4.43. The fourth-order valence-corrected chi connectivity index (χ4v) is 2.49. The molecule has 9 heteroatoms. The minimum Gasteiger partial charge on any atom is -0.461 e. The van der Waals surface area contributed by atoms with Crippen LogP contribution in [-0.4, -0.2) is 28.0 Å². The van der Waals surface area contributed by atoms with Crippen LogP contribution < -0.4 is 0 Å². The molecular weight excluding hydrogens is 402 g/mol. The highest BCUT2D eigenvalue weighted by atomic mass is 127. The predicted octanol–water partition coefficient (Wildman–Crippen LogP) is 3.27. The lowest BCUT2D eigenvalue weighted by Gasteiger charge is -2.10. The first-order valence-electron chi connectivity index (χ1n) is 5.79. The summed E-state index contributed by atoms with van der Waals surface area (Å²) in [5.41, 5.74) is -0.301. The van der Waals surface area contributed by atoms with Crippen LogP contribution in [0.4, 0.5) is 13.2 Å². The number of aromatic nitrogens is 3. The molecule has 0 spiro atoms. The number of esters is 1. The van der Waals surface area contributed by atoms with Gasteiger partial charge in [0.05, 0.1) is 12.2 Å². The summed E-state index contributed by atoms with van der Waals surface area (Å²) >= 11 is 1.59. The van der Waals surface area contributed by atoms with Gasteiger partial charge in [-0.05, 0) is 41.6 Å². The number of carbonyl (C=O) groups excluding carboxylic acids is 1. The molecule has 1 heterocycles. The van der Waals surface area contributed by atoms with Crippen molar-refractivity contribution in [3.05, 3.63) is 33.0 Å². The van der Waals surface area contributed by atoms with Crippen LogP contribution in [0.1, 0.15) is 23.0 Å². The Morgan fingerprint density at radius 3 is 2.67 bits per heavy atom. The molecule has 0 bridgehead atoms. The molecule has 0 saturated heterocycles. The molecule has 0 fully saturated rings. The smallest absolute Gasteiger partial charge is 0.417 e. The van der Waals surface area contributed by atoms with Crippen LogP contribution in [0, 0.1) is 3.57 Å². The minimum absolute atomic E-state index is 0.00964. The Morgan fingerprint density at radius 2 is 2.10 bits per heavy atom. The van der Waals surface area contributed by atoms with Gasteiger partial charge in [0.2, 0.25) is 0 Å². The molecule has 2 aromatic rings. The van der Waals surface area contributed by atoms with E-state index >= 15 is 0 Å². The number of halogens is 4. The maximum absolute atomic E-state index is 12.7. The Balaban J connectivity index is 2.43. The van der Waals surface area contributed by atoms with Gasteiger partial charge in [0.15, 0.2) is 5.69 Å². The fraction of sp³-hybridized carbons (Fsp3) is 0.250. The number of alkyl halides is 3. The molecule has 0 aliphatic heterocycles. The van der Waals surface area contributed by atoms with Crippen molar-refractivity contribution in [3.63, 3.8) is 0 Å². The van der Waals surface area contributed by atoms with E-state index in [0.717, 1.165) is 6.07 Å². The molecule has 0 atom stereocenters. The molecule has 0 radical (unpaired) electrons. The highest BCUT2D eigenvalue weighted by Gasteiger charge is 2.33. The molecule has 21 heavy (non-hydrogen) atoms. The zero-order chi connectivity index (χ0) is 15.6. The number of ether oxygens (including phenoxy) is 1. The monoisotopic (exact) mass is 411 g/mol. The van der Waals surface area contributed by atoms with Crippen molar-refractivity contribution in [2.24, 2.45) is 0 Å². The molecule has 0 unspecified atom stereocenters. The van der Waals surface area contributed by atoms with Crippen LogP contribution in [0.3, 0.4) is 0 Å². The third kappa shape index (κ3) is 3.34. The molecule has 5 nitrogen and oxygen atoms in total. The van der Waals surface area contributed by atoms with Gasteiger partial charge in [0.25, 0.3) is 0 Å². The van der Waals surface area contributed by atoms with Crippen molar-refractivity contribution in [3.8, 4) is 11.3 Å². The normalized spacial score (nSPS) is 11.5. The van der Waals surface area contributed by atoms with Crippen LogP contribution >= 0.6 is 22.6 Å². The van der Waals surface area contributed by atoms with Crippen LogP contribution in [0.2, 0.25) is 0 Å². The summed E-state index contributed by atoms with van der Waals surface area (Å²) in [7, 11) is 0. The summed E-state index contributed by atoms with van der Waals surface area (Å²) in [4.78, 5) is 11.7. The van der Waals surface area contributed by atoms with E-state index in [9.17, 15) is 18.0 Å². The zero-order valence-electron chi connectivity index (χ0n) is 10.7. The van der Waals surface area contributed by atoms with Crippen LogP contribution in [0.25, 0.3) is 11.3 Å². The largest absolute Gasteiger partial charge is 0.461 e. The second-order valence-corrected chi connectivity index (χ2v) is 5.10. The quantitative estimate of drug-likeness (QED) is 0.622. The third-order valence-electron chi connectivity index (χ3n) is 2.56. The van der Waals surface area contributed by atoms with E-state index in [2.05, 4.69) is 15.4 Å². The van der Waals surface area contributed by atoms with E-state index in [1.165, 1.54) is 12.1 Å². The Morgan fingerprint density at radius 1 is 1.38 bits per heavy atom. The number of aromatic amines is 1. The minimum atomic E-state index is -4.43. The summed E-state index contributed by atoms with van der Waals surface area (Å²) in [5, 5.41) is 9.75. The summed E-state index contributed by atoms with van der Waals surface area (Å²) < 4.78 is 43.0. The van der Waals surface area contributed by atoms with Crippen molar-refractivity contribution in [1.82, 2.24) is 15.4 Å². The van der Waals surface area contributed by atoms with Gasteiger partial charge in [0, 0.05) is 9.13 Å². The van der Waals surface area contributed by atoms with E-state index < -0.39 is 17.7 Å². The van der Waals surface area contributed by atoms with Crippen molar-refractivity contribution in [2.75, 3.05) is 6.61 Å². The van der Waals surface area contributed by atoms with Gasteiger partial charge in [-0.1, -0.05) is 6.07 Å². The summed E-state index contributed by atoms with van der Waals surface area (Å²) in [5.74, 6) is -0.684. The van der Waals surface area contributed by atoms with Crippen molar-refractivity contribution in [1.29, 1.82) is 0 Å². The van der Waals surface area contributed by atoms with E-state index in [1.54, 1.807) is 29.5 Å². The number of nitrogens with one attached hydrogen (secondary N) is 1. The Hall–Kier alpha value is -1.65. The first kappa shape index (κ1) is 15.7. The number of carbonyl (C=O) groups is 1. The number of hydrogen-bond donors (Lipinski definition) is 1. The van der Waals surface area contributed by atoms with E-state index in [1.807, 2.05) is 0 Å². The highest BCUT2D eigenvalue weighted by molar-refractivity contribution is 14.1. The molecule has 0 aliphatic carbocycles. The Kier molecular flexibility index (Phi) is 4.49. The summed E-state index contributed by atoms with van der Waals surface area (Å²) in [6, 6.07) is 3.48. The average molecular weight is 411 g/mol. The van der Waals surface area contributed by atoms with Gasteiger partial charge in [-0.2, -0.15) is 23.5 Å². The van der Waals surface area contributed by atoms with Crippen LogP contribution in [0.15, 0.2) is 18.2 Å². The number of nitrogens with zero attached hydrogens (tertiary/aromatic N) is 2. The van der Waals surface area contributed by atoms with Crippen molar-refractivity contribution in [2.45, 2.75) is 13.1 Å². The lowest BCUT2D eigenvalue weighted by Crippen LogP contribution is -2.08. The zero-order valence-corrected chi connectivity index (χ0v) is 12.8. The Labute approximate surface area is 131 Å². The standard InChI is InChI=1S/C12H9F3IN3O2/c1-2-21-11(20)10-9(17-19-18-10)6-3-4-7(8(16)5-6)12(13,14)15/h3-5H,2H2,1H3,(H,17,18,19). The number of rotatable bonds is 3. The van der Waals surface area contributed by atoms with E-state index in [-0.39, 0.29) is 21.6 Å². The number of benzene rings is 1. The molecule has 1 N–H and O–H groups in total. The lowest BCUT2D eigenvalue weighted by atomic mass is 10.1. The number of H-pyrrole nitrogens is 1. The van der Waals surface area contributed by atoms with Gasteiger partial charge < -0.3 is 4.74 Å². The maximum Gasteiger partial charge on any atom is 0.417 e. The molecule has 1 aromatic carbocycles. The van der Waals surface area contributed by atoms with Crippen molar-refractivity contribution >= 4 is 28.6 Å². The van der Waals surface area contributed by atoms with E-state index in [0.29, 0.717) is 5.56 Å². The topological polar surface area (TPSA) is 67.9 Å². The Bertz CT molecular complexity index is 670. The van der Waals surface area contributed by atoms with Gasteiger partial charge in [-0.15, -0.1) is 5.10 Å². The van der Waals surface area contributed by atoms with Gasteiger partial charge in [-0.25, -0.2) is 4.79 Å². The lowest BCUT2D eigenvalue weighted by molar-refractivity contribution is -0.138. The second kappa shape index (κ2) is 6.00. The van der Waals surface area contributed by atoms with Crippen LogP contribution in [0.5, 0.6) is 0 Å². The highest BCUT2D eigenvalue weighted by Crippen LogP contribution is 2.35. The molecule has 0 saturated carbocycles. The predicted molar refractivity (Wildman–Crippen MR) is 75.5 cm³/mol. The molecule has 2 rings (SSSR count). The van der Waals surface area contributed by atoms with Gasteiger partial charge >= 0.3 is 12.1 Å². The van der Waals surface area contributed by atoms with Gasteiger partial charge in [0.1, 0.15) is 5.69 Å². The second-order valence-electron chi connectivity index (χ2n) is 3.93. The molecule has 0 aliphatic rings. The van der Waals surface area contributed by atoms with Crippen molar-refractivity contribution < 1.29 is 22.7 Å². The molecule has 112 valence electrons. The van der Waals surface area contributed by atoms with Gasteiger partial charge in [-0.3, -0.25) is 0 Å². The molecule has 0 amide bonds. The first-order chi connectivity index (χ1) is 9.84.